The van der Waals surface area contributed by atoms with E-state index in [1.54, 1.807) is 7.11 Å². The summed E-state index contributed by atoms with van der Waals surface area (Å²) in [7, 11) is 3.94. The Morgan fingerprint density at radius 2 is 2.39 bits per heavy atom. The zero-order valence-electron chi connectivity index (χ0n) is 11.1. The number of likely N-dealkylation sites (N-methyl/N-ethyl adjacent to an activating group) is 1. The molecule has 1 aromatic rings. The van der Waals surface area contributed by atoms with E-state index in [2.05, 4.69) is 22.4 Å². The number of nitrogens with zero attached hydrogens (tertiary/aromatic N) is 2. The average Bonchev–Trinajstić information content (AvgIpc) is 2.86. The quantitative estimate of drug-likeness (QED) is 0.794. The average molecular weight is 251 g/mol. The Bertz CT molecular complexity index is 418. The van der Waals surface area contributed by atoms with Gasteiger partial charge in [0.15, 0.2) is 0 Å². The maximum atomic E-state index is 5.53. The van der Waals surface area contributed by atoms with Gasteiger partial charge in [0.05, 0.1) is 6.61 Å². The molecule has 0 aliphatic carbocycles. The molecule has 5 nitrogen and oxygen atoms in total. The molecule has 2 unspecified atom stereocenters. The number of ether oxygens (including phenoxy) is 1. The molecule has 3 rings (SSSR count). The fourth-order valence-electron chi connectivity index (χ4n) is 3.22. The van der Waals surface area contributed by atoms with E-state index in [0.717, 1.165) is 37.6 Å². The van der Waals surface area contributed by atoms with Gasteiger partial charge in [-0.3, -0.25) is 4.90 Å². The smallest absolute Gasteiger partial charge is 0.143 e. The molecule has 1 fully saturated rings. The van der Waals surface area contributed by atoms with Gasteiger partial charge in [0.1, 0.15) is 11.5 Å². The van der Waals surface area contributed by atoms with Crippen molar-refractivity contribution >= 4 is 0 Å². The van der Waals surface area contributed by atoms with Gasteiger partial charge in [0.2, 0.25) is 0 Å². The third-order valence-corrected chi connectivity index (χ3v) is 4.25. The molecule has 0 saturated carbocycles. The molecule has 18 heavy (non-hydrogen) atoms. The first-order chi connectivity index (χ1) is 8.81. The molecule has 0 amide bonds. The Morgan fingerprint density at radius 3 is 3.22 bits per heavy atom. The van der Waals surface area contributed by atoms with E-state index in [1.807, 2.05) is 0 Å². The second-order valence-electron chi connectivity index (χ2n) is 5.25. The number of nitrogens with one attached hydrogen (secondary N) is 1. The van der Waals surface area contributed by atoms with Gasteiger partial charge in [0.25, 0.3) is 0 Å². The highest BCUT2D eigenvalue weighted by molar-refractivity contribution is 5.32. The molecule has 0 aromatic carbocycles. The van der Waals surface area contributed by atoms with E-state index in [4.69, 9.17) is 9.26 Å². The summed E-state index contributed by atoms with van der Waals surface area (Å²) in [6.07, 6.45) is 3.54. The second-order valence-corrected chi connectivity index (χ2v) is 5.25. The van der Waals surface area contributed by atoms with Crippen LogP contribution >= 0.6 is 0 Å². The highest BCUT2D eigenvalue weighted by Gasteiger charge is 2.41. The summed E-state index contributed by atoms with van der Waals surface area (Å²) in [5, 5.41) is 7.59. The lowest BCUT2D eigenvalue weighted by molar-refractivity contribution is 0.198. The Morgan fingerprint density at radius 1 is 1.50 bits per heavy atom. The number of hydrogen-bond acceptors (Lipinski definition) is 5. The van der Waals surface area contributed by atoms with Gasteiger partial charge in [-0.1, -0.05) is 5.16 Å². The predicted molar refractivity (Wildman–Crippen MR) is 67.3 cm³/mol. The van der Waals surface area contributed by atoms with Crippen molar-refractivity contribution in [2.75, 3.05) is 27.3 Å². The minimum atomic E-state index is 0.518. The van der Waals surface area contributed by atoms with E-state index in [-0.39, 0.29) is 0 Å². The maximum Gasteiger partial charge on any atom is 0.143 e. The summed E-state index contributed by atoms with van der Waals surface area (Å²) >= 11 is 0. The zero-order chi connectivity index (χ0) is 12.5. The third kappa shape index (κ3) is 1.96. The molecular formula is C13H21N3O2. The van der Waals surface area contributed by atoms with Crippen molar-refractivity contribution in [3.8, 4) is 0 Å². The highest BCUT2D eigenvalue weighted by atomic mass is 16.5. The lowest BCUT2D eigenvalue weighted by Gasteiger charge is -2.30. The standard InChI is InChI=1S/C13H21N3O2/c1-16-9-3-4-11(16)13-10(8-14-5-6-17-2)15-18-12(13)7-9/h9,11,14H,3-8H2,1-2H3. The molecule has 0 radical (unpaired) electrons. The summed E-state index contributed by atoms with van der Waals surface area (Å²) in [5.41, 5.74) is 2.43. The van der Waals surface area contributed by atoms with Crippen molar-refractivity contribution in [2.45, 2.75) is 37.9 Å². The van der Waals surface area contributed by atoms with Crippen molar-refractivity contribution in [1.82, 2.24) is 15.4 Å². The van der Waals surface area contributed by atoms with Crippen LogP contribution in [-0.2, 0) is 17.7 Å². The zero-order valence-corrected chi connectivity index (χ0v) is 11.1. The summed E-state index contributed by atoms with van der Waals surface area (Å²) in [6.45, 7) is 2.35. The largest absolute Gasteiger partial charge is 0.383 e. The van der Waals surface area contributed by atoms with Gasteiger partial charge in [-0.25, -0.2) is 0 Å². The van der Waals surface area contributed by atoms with Crippen LogP contribution in [0.3, 0.4) is 0 Å². The lowest BCUT2D eigenvalue weighted by Crippen LogP contribution is -2.34. The Kier molecular flexibility index (Phi) is 3.37. The second kappa shape index (κ2) is 4.99. The first kappa shape index (κ1) is 12.1. The van der Waals surface area contributed by atoms with Gasteiger partial charge in [-0.05, 0) is 19.9 Å². The normalized spacial score (nSPS) is 26.6. The van der Waals surface area contributed by atoms with Gasteiger partial charge in [-0.15, -0.1) is 0 Å². The molecular weight excluding hydrogens is 230 g/mol. The molecule has 3 heterocycles. The monoisotopic (exact) mass is 251 g/mol. The highest BCUT2D eigenvalue weighted by Crippen LogP contribution is 2.43. The van der Waals surface area contributed by atoms with Crippen molar-refractivity contribution in [1.29, 1.82) is 0 Å². The van der Waals surface area contributed by atoms with Crippen LogP contribution < -0.4 is 5.32 Å². The number of hydrogen-bond donors (Lipinski definition) is 1. The SMILES string of the molecule is COCCNCc1noc2c1C1CCC(C2)N1C. The fourth-order valence-corrected chi connectivity index (χ4v) is 3.22. The topological polar surface area (TPSA) is 50.5 Å². The first-order valence-electron chi connectivity index (χ1n) is 6.70. The van der Waals surface area contributed by atoms with E-state index in [0.29, 0.717) is 12.1 Å². The van der Waals surface area contributed by atoms with Crippen LogP contribution in [0.5, 0.6) is 0 Å². The third-order valence-electron chi connectivity index (χ3n) is 4.25. The fraction of sp³-hybridized carbons (Fsp3) is 0.769. The van der Waals surface area contributed by atoms with Crippen LogP contribution in [0.2, 0.25) is 0 Å². The number of methoxy groups -OCH3 is 1. The van der Waals surface area contributed by atoms with Crippen LogP contribution in [0.1, 0.15) is 35.9 Å². The molecule has 5 heteroatoms. The van der Waals surface area contributed by atoms with Crippen molar-refractivity contribution in [3.05, 3.63) is 17.0 Å². The Balaban J connectivity index is 1.72. The van der Waals surface area contributed by atoms with Gasteiger partial charge < -0.3 is 14.6 Å². The summed E-state index contributed by atoms with van der Waals surface area (Å²) < 4.78 is 10.6. The molecule has 2 aliphatic rings. The molecule has 2 atom stereocenters. The van der Waals surface area contributed by atoms with Crippen LogP contribution in [0.4, 0.5) is 0 Å². The predicted octanol–water partition coefficient (Wildman–Crippen LogP) is 1.10. The summed E-state index contributed by atoms with van der Waals surface area (Å²) in [4.78, 5) is 2.48. The first-order valence-corrected chi connectivity index (χ1v) is 6.70. The van der Waals surface area contributed by atoms with Crippen molar-refractivity contribution in [3.63, 3.8) is 0 Å². The van der Waals surface area contributed by atoms with Gasteiger partial charge in [-0.2, -0.15) is 0 Å². The molecule has 1 saturated heterocycles. The maximum absolute atomic E-state index is 5.53. The van der Waals surface area contributed by atoms with Crippen molar-refractivity contribution < 1.29 is 9.26 Å². The number of aromatic nitrogens is 1. The molecule has 1 aromatic heterocycles. The van der Waals surface area contributed by atoms with Crippen molar-refractivity contribution in [2.24, 2.45) is 0 Å². The summed E-state index contributed by atoms with van der Waals surface area (Å²) in [6, 6.07) is 1.17. The molecule has 2 bridgehead atoms. The molecule has 2 aliphatic heterocycles. The van der Waals surface area contributed by atoms with Crippen LogP contribution in [0.15, 0.2) is 4.52 Å². The van der Waals surface area contributed by atoms with E-state index in [1.165, 1.54) is 18.4 Å². The van der Waals surface area contributed by atoms with E-state index in [9.17, 15) is 0 Å². The van der Waals surface area contributed by atoms with Gasteiger partial charge >= 0.3 is 0 Å². The van der Waals surface area contributed by atoms with E-state index < -0.39 is 0 Å². The molecule has 100 valence electrons. The van der Waals surface area contributed by atoms with E-state index >= 15 is 0 Å². The minimum absolute atomic E-state index is 0.518. The lowest BCUT2D eigenvalue weighted by atomic mass is 9.98. The number of rotatable bonds is 5. The Labute approximate surface area is 107 Å². The summed E-state index contributed by atoms with van der Waals surface area (Å²) in [5.74, 6) is 1.11. The molecule has 1 N–H and O–H groups in total. The number of fused-ring (bicyclic) bond motifs is 4. The minimum Gasteiger partial charge on any atom is -0.383 e. The van der Waals surface area contributed by atoms with Crippen LogP contribution in [0, 0.1) is 0 Å². The Hall–Kier alpha value is -0.910. The molecule has 0 spiro atoms. The van der Waals surface area contributed by atoms with Crippen LogP contribution in [0.25, 0.3) is 0 Å². The van der Waals surface area contributed by atoms with Crippen LogP contribution in [-0.4, -0.2) is 43.4 Å². The van der Waals surface area contributed by atoms with Gasteiger partial charge in [0, 0.05) is 44.3 Å².